The smallest absolute Gasteiger partial charge is 0.00990 e. The van der Waals surface area contributed by atoms with E-state index >= 15 is 0 Å². The van der Waals surface area contributed by atoms with Gasteiger partial charge in [-0.15, -0.1) is 0 Å². The van der Waals surface area contributed by atoms with Crippen LogP contribution in [0.1, 0.15) is 24.8 Å². The van der Waals surface area contributed by atoms with Crippen molar-refractivity contribution in [1.29, 1.82) is 0 Å². The Balaban J connectivity index is 2.00. The van der Waals surface area contributed by atoms with Gasteiger partial charge in [0.05, 0.1) is 0 Å². The number of unbranched alkanes of at least 4 members (excludes halogenated alkanes) is 2. The molecule has 0 nitrogen and oxygen atoms in total. The van der Waals surface area contributed by atoms with E-state index < -0.39 is 0 Å². The van der Waals surface area contributed by atoms with E-state index in [2.05, 4.69) is 60.5 Å². The molecule has 0 atom stereocenters. The highest BCUT2D eigenvalue weighted by molar-refractivity contribution is 5.99. The molecule has 3 rings (SSSR count). The van der Waals surface area contributed by atoms with E-state index in [-0.39, 0.29) is 0 Å². The molecule has 0 saturated carbocycles. The zero-order valence-electron chi connectivity index (χ0n) is 11.5. The summed E-state index contributed by atoms with van der Waals surface area (Å²) in [6.45, 7) is 0. The van der Waals surface area contributed by atoms with Crippen LogP contribution in [0.5, 0.6) is 0 Å². The van der Waals surface area contributed by atoms with Gasteiger partial charge in [0.15, 0.2) is 0 Å². The lowest BCUT2D eigenvalue weighted by atomic mass is 9.97. The molecule has 97 valence electrons. The first kappa shape index (κ1) is 12.8. The number of rotatable bonds is 4. The molecule has 0 aliphatic rings. The van der Waals surface area contributed by atoms with E-state index in [1.165, 1.54) is 27.1 Å². The Morgan fingerprint density at radius 3 is 2.35 bits per heavy atom. The summed E-state index contributed by atoms with van der Waals surface area (Å²) < 4.78 is 0. The zero-order chi connectivity index (χ0) is 13.8. The highest BCUT2D eigenvalue weighted by Gasteiger charge is 2.03. The van der Waals surface area contributed by atoms with Crippen molar-refractivity contribution in [2.45, 2.75) is 25.7 Å². The third-order valence-corrected chi connectivity index (χ3v) is 3.83. The van der Waals surface area contributed by atoms with Gasteiger partial charge in [-0.1, -0.05) is 48.4 Å². The van der Waals surface area contributed by atoms with Crippen LogP contribution in [0, 0.1) is 12.3 Å². The van der Waals surface area contributed by atoms with Crippen LogP contribution >= 0.6 is 0 Å². The Morgan fingerprint density at radius 1 is 0.800 bits per heavy atom. The van der Waals surface area contributed by atoms with Crippen molar-refractivity contribution in [2.24, 2.45) is 0 Å². The molecule has 0 aliphatic carbocycles. The second-order valence-corrected chi connectivity index (χ2v) is 5.22. The minimum Gasteiger partial charge on any atom is -0.0891 e. The Bertz CT molecular complexity index is 775. The molecule has 0 heterocycles. The predicted octanol–water partition coefficient (Wildman–Crippen LogP) is 5.30. The van der Waals surface area contributed by atoms with E-state index in [1.807, 2.05) is 0 Å². The van der Waals surface area contributed by atoms with Crippen LogP contribution in [-0.4, -0.2) is 0 Å². The largest absolute Gasteiger partial charge is 0.0891 e. The Hall–Kier alpha value is -2.26. The van der Waals surface area contributed by atoms with Crippen LogP contribution in [0.4, 0.5) is 0 Å². The van der Waals surface area contributed by atoms with Gasteiger partial charge in [0, 0.05) is 6.42 Å². The van der Waals surface area contributed by atoms with Crippen LogP contribution in [0.2, 0.25) is 0 Å². The predicted molar refractivity (Wildman–Crippen MR) is 86.1 cm³/mol. The summed E-state index contributed by atoms with van der Waals surface area (Å²) >= 11 is 0. The molecule has 0 spiro atoms. The molecule has 3 aromatic rings. The first-order valence-electron chi connectivity index (χ1n) is 7.18. The summed E-state index contributed by atoms with van der Waals surface area (Å²) in [5, 5.41) is 5.29. The number of aryl methyl sites for hydroxylation is 1. The average molecular weight is 257 g/mol. The summed E-state index contributed by atoms with van der Waals surface area (Å²) in [4.78, 5) is 0. The van der Waals surface area contributed by atoms with E-state index in [4.69, 9.17) is 6.42 Å². The quantitative estimate of drug-likeness (QED) is 0.338. The van der Waals surface area contributed by atoms with Crippen LogP contribution in [0.15, 0.2) is 54.6 Å². The van der Waals surface area contributed by atoms with Gasteiger partial charge in [-0.2, -0.15) is 0 Å². The van der Waals surface area contributed by atoms with Gasteiger partial charge < -0.3 is 0 Å². The summed E-state index contributed by atoms with van der Waals surface area (Å²) in [5.74, 6) is 2.47. The first-order chi connectivity index (χ1) is 9.88. The standard InChI is InChI=1S/C20H17/c1-2-3-4-5-9-16-12-8-13-19-14-17-10-6-7-11-18(17)15-20(16)19/h6-8,10-15H,3-5,9H2. The van der Waals surface area contributed by atoms with Crippen molar-refractivity contribution in [3.05, 3.63) is 66.6 Å². The lowest BCUT2D eigenvalue weighted by Gasteiger charge is -2.08. The molecule has 0 fully saturated rings. The lowest BCUT2D eigenvalue weighted by Crippen LogP contribution is -1.88. The van der Waals surface area contributed by atoms with Crippen LogP contribution in [0.25, 0.3) is 21.5 Å². The second-order valence-electron chi connectivity index (χ2n) is 5.22. The summed E-state index contributed by atoms with van der Waals surface area (Å²) in [5.41, 5.74) is 1.42. The topological polar surface area (TPSA) is 0 Å². The van der Waals surface area contributed by atoms with E-state index in [0.29, 0.717) is 0 Å². The molecule has 0 N–H and O–H groups in total. The first-order valence-corrected chi connectivity index (χ1v) is 7.18. The monoisotopic (exact) mass is 257 g/mol. The van der Waals surface area contributed by atoms with Gasteiger partial charge in [-0.3, -0.25) is 0 Å². The van der Waals surface area contributed by atoms with Gasteiger partial charge in [0.1, 0.15) is 0 Å². The fourth-order valence-electron chi connectivity index (χ4n) is 2.78. The van der Waals surface area contributed by atoms with Crippen molar-refractivity contribution in [3.63, 3.8) is 0 Å². The third-order valence-electron chi connectivity index (χ3n) is 3.83. The SMILES string of the molecule is [C]#CCCCCc1cccc2cc3ccccc3cc12. The van der Waals surface area contributed by atoms with Crippen molar-refractivity contribution >= 4 is 21.5 Å². The molecule has 20 heavy (non-hydrogen) atoms. The highest BCUT2D eigenvalue weighted by Crippen LogP contribution is 2.26. The molecular weight excluding hydrogens is 240 g/mol. The van der Waals surface area contributed by atoms with Gasteiger partial charge in [-0.05, 0) is 64.9 Å². The van der Waals surface area contributed by atoms with Crippen molar-refractivity contribution in [2.75, 3.05) is 0 Å². The average Bonchev–Trinajstić information content (AvgIpc) is 2.50. The maximum Gasteiger partial charge on any atom is 0.00990 e. The molecule has 0 bridgehead atoms. The fraction of sp³-hybridized carbons (Fsp3) is 0.200. The van der Waals surface area contributed by atoms with Crippen LogP contribution in [0.3, 0.4) is 0 Å². The normalized spacial score (nSPS) is 10.8. The Labute approximate surface area is 120 Å². The summed E-state index contributed by atoms with van der Waals surface area (Å²) in [7, 11) is 0. The van der Waals surface area contributed by atoms with Gasteiger partial charge >= 0.3 is 0 Å². The van der Waals surface area contributed by atoms with Gasteiger partial charge in [-0.25, -0.2) is 0 Å². The minimum absolute atomic E-state index is 0.772. The second kappa shape index (κ2) is 5.80. The summed E-state index contributed by atoms with van der Waals surface area (Å²) in [6.07, 6.45) is 11.0. The molecule has 0 amide bonds. The minimum atomic E-state index is 0.772. The van der Waals surface area contributed by atoms with Gasteiger partial charge in [0.25, 0.3) is 0 Å². The molecule has 0 saturated heterocycles. The lowest BCUT2D eigenvalue weighted by molar-refractivity contribution is 0.759. The highest BCUT2D eigenvalue weighted by atomic mass is 14.1. The van der Waals surface area contributed by atoms with E-state index in [1.54, 1.807) is 0 Å². The summed E-state index contributed by atoms with van der Waals surface area (Å²) in [6, 6.07) is 19.7. The third kappa shape index (κ3) is 2.53. The number of fused-ring (bicyclic) bond motifs is 2. The van der Waals surface area contributed by atoms with Crippen LogP contribution in [-0.2, 0) is 6.42 Å². The number of hydrogen-bond donors (Lipinski definition) is 0. The molecule has 0 aromatic heterocycles. The number of benzene rings is 3. The molecule has 1 radical (unpaired) electrons. The molecule has 0 heteroatoms. The fourth-order valence-corrected chi connectivity index (χ4v) is 2.78. The van der Waals surface area contributed by atoms with Gasteiger partial charge in [0.2, 0.25) is 0 Å². The molecular formula is C20H17. The molecule has 0 aliphatic heterocycles. The maximum atomic E-state index is 6.96. The van der Waals surface area contributed by atoms with Crippen molar-refractivity contribution < 1.29 is 0 Å². The van der Waals surface area contributed by atoms with Crippen LogP contribution < -0.4 is 0 Å². The maximum absolute atomic E-state index is 6.96. The van der Waals surface area contributed by atoms with E-state index in [9.17, 15) is 0 Å². The zero-order valence-corrected chi connectivity index (χ0v) is 11.5. The molecule has 3 aromatic carbocycles. The molecule has 0 unspecified atom stereocenters. The Morgan fingerprint density at radius 2 is 1.55 bits per heavy atom. The number of hydrogen-bond acceptors (Lipinski definition) is 0. The Kier molecular flexibility index (Phi) is 3.70. The van der Waals surface area contributed by atoms with Crippen molar-refractivity contribution in [3.8, 4) is 5.92 Å². The van der Waals surface area contributed by atoms with E-state index in [0.717, 1.165) is 25.7 Å². The van der Waals surface area contributed by atoms with Crippen molar-refractivity contribution in [1.82, 2.24) is 0 Å².